The Morgan fingerprint density at radius 3 is 2.68 bits per heavy atom. The molecular formula is C25H28N4O2. The van der Waals surface area contributed by atoms with Crippen molar-refractivity contribution in [3.05, 3.63) is 66.1 Å². The molecule has 1 atom stereocenters. The monoisotopic (exact) mass is 416 g/mol. The number of fused-ring (bicyclic) bond motifs is 1. The fourth-order valence-electron chi connectivity index (χ4n) is 4.96. The van der Waals surface area contributed by atoms with Crippen LogP contribution in [0.5, 0.6) is 0 Å². The normalized spacial score (nSPS) is 19.5. The average Bonchev–Trinajstić information content (AvgIpc) is 3.32. The standard InChI is InChI=1S/C25H28N4O2/c30-23(27-11-3-4-18-7-12-26-13-8-18)20-17-25(20)9-14-29(15-10-25)24(31)22-16-19-5-1-2-6-21(19)28-22/h1-2,5-8,12-13,16,20,28H,3-4,9-11,14-15,17H2,(H,27,30). The fourth-order valence-corrected chi connectivity index (χ4v) is 4.96. The third kappa shape index (κ3) is 4.07. The van der Waals surface area contributed by atoms with Crippen molar-refractivity contribution in [1.82, 2.24) is 20.2 Å². The van der Waals surface area contributed by atoms with Gasteiger partial charge in [-0.25, -0.2) is 0 Å². The molecular weight excluding hydrogens is 388 g/mol. The van der Waals surface area contributed by atoms with Crippen LogP contribution < -0.4 is 5.32 Å². The van der Waals surface area contributed by atoms with Gasteiger partial charge >= 0.3 is 0 Å². The number of para-hydroxylation sites is 1. The molecule has 3 aromatic rings. The highest BCUT2D eigenvalue weighted by Crippen LogP contribution is 2.59. The molecule has 2 amide bonds. The molecule has 1 spiro atoms. The first kappa shape index (κ1) is 19.8. The lowest BCUT2D eigenvalue weighted by atomic mass is 9.90. The fraction of sp³-hybridized carbons (Fsp3) is 0.400. The quantitative estimate of drug-likeness (QED) is 0.603. The molecule has 1 unspecified atom stereocenters. The van der Waals surface area contributed by atoms with Gasteiger partial charge in [0.05, 0.1) is 0 Å². The molecule has 6 heteroatoms. The predicted molar refractivity (Wildman–Crippen MR) is 120 cm³/mol. The Labute approximate surface area is 182 Å². The summed E-state index contributed by atoms with van der Waals surface area (Å²) < 4.78 is 0. The number of likely N-dealkylation sites (tertiary alicyclic amines) is 1. The number of piperidine rings is 1. The second-order valence-electron chi connectivity index (χ2n) is 8.93. The molecule has 31 heavy (non-hydrogen) atoms. The number of nitrogens with one attached hydrogen (secondary N) is 2. The number of nitrogens with zero attached hydrogens (tertiary/aromatic N) is 2. The molecule has 2 aliphatic rings. The van der Waals surface area contributed by atoms with Crippen LogP contribution in [0, 0.1) is 11.3 Å². The zero-order valence-electron chi connectivity index (χ0n) is 17.6. The van der Waals surface area contributed by atoms with Crippen LogP contribution in [0.2, 0.25) is 0 Å². The third-order valence-electron chi connectivity index (χ3n) is 7.00. The number of aromatic amines is 1. The maximum Gasteiger partial charge on any atom is 0.270 e. The van der Waals surface area contributed by atoms with Crippen LogP contribution >= 0.6 is 0 Å². The SMILES string of the molecule is O=C(NCCCc1ccncc1)C1CC12CCN(C(=O)c1cc3ccccc3[nH]1)CC2. The molecule has 1 saturated heterocycles. The van der Waals surface area contributed by atoms with Gasteiger partial charge in [-0.1, -0.05) is 18.2 Å². The van der Waals surface area contributed by atoms with Crippen molar-refractivity contribution >= 4 is 22.7 Å². The summed E-state index contributed by atoms with van der Waals surface area (Å²) in [7, 11) is 0. The lowest BCUT2D eigenvalue weighted by Crippen LogP contribution is -2.40. The van der Waals surface area contributed by atoms with Gasteiger partial charge in [-0.15, -0.1) is 0 Å². The summed E-state index contributed by atoms with van der Waals surface area (Å²) in [4.78, 5) is 34.7. The number of benzene rings is 1. The number of hydrogen-bond donors (Lipinski definition) is 2. The van der Waals surface area contributed by atoms with Gasteiger partial charge in [0.25, 0.3) is 5.91 Å². The minimum Gasteiger partial charge on any atom is -0.356 e. The van der Waals surface area contributed by atoms with Crippen LogP contribution in [0.1, 0.15) is 41.7 Å². The Morgan fingerprint density at radius 1 is 1.13 bits per heavy atom. The minimum absolute atomic E-state index is 0.0591. The number of carbonyl (C=O) groups is 2. The number of aromatic nitrogens is 2. The van der Waals surface area contributed by atoms with E-state index in [1.165, 1.54) is 5.56 Å². The molecule has 1 aliphatic carbocycles. The molecule has 0 bridgehead atoms. The van der Waals surface area contributed by atoms with Crippen molar-refractivity contribution < 1.29 is 9.59 Å². The maximum absolute atomic E-state index is 12.9. The molecule has 1 aliphatic heterocycles. The van der Waals surface area contributed by atoms with Gasteiger partial charge in [-0.3, -0.25) is 14.6 Å². The Morgan fingerprint density at radius 2 is 1.90 bits per heavy atom. The van der Waals surface area contributed by atoms with Gasteiger partial charge < -0.3 is 15.2 Å². The molecule has 3 heterocycles. The first-order chi connectivity index (χ1) is 15.1. The summed E-state index contributed by atoms with van der Waals surface area (Å²) in [6.45, 7) is 2.15. The second-order valence-corrected chi connectivity index (χ2v) is 8.93. The number of amides is 2. The van der Waals surface area contributed by atoms with Crippen molar-refractivity contribution in [2.45, 2.75) is 32.1 Å². The number of aryl methyl sites for hydroxylation is 1. The van der Waals surface area contributed by atoms with E-state index in [0.717, 1.165) is 56.1 Å². The Hall–Kier alpha value is -3.15. The number of H-pyrrole nitrogens is 1. The number of rotatable bonds is 6. The van der Waals surface area contributed by atoms with Crippen molar-refractivity contribution in [2.75, 3.05) is 19.6 Å². The average molecular weight is 417 g/mol. The largest absolute Gasteiger partial charge is 0.356 e. The molecule has 2 aromatic heterocycles. The highest BCUT2D eigenvalue weighted by atomic mass is 16.2. The van der Waals surface area contributed by atoms with E-state index in [1.807, 2.05) is 47.4 Å². The van der Waals surface area contributed by atoms with Crippen LogP contribution in [0.4, 0.5) is 0 Å². The zero-order valence-corrected chi connectivity index (χ0v) is 17.6. The predicted octanol–water partition coefficient (Wildman–Crippen LogP) is 3.55. The van der Waals surface area contributed by atoms with Crippen molar-refractivity contribution in [3.63, 3.8) is 0 Å². The third-order valence-corrected chi connectivity index (χ3v) is 7.00. The molecule has 2 N–H and O–H groups in total. The molecule has 2 fully saturated rings. The van der Waals surface area contributed by atoms with E-state index in [2.05, 4.69) is 15.3 Å². The summed E-state index contributed by atoms with van der Waals surface area (Å²) >= 11 is 0. The van der Waals surface area contributed by atoms with Gasteiger partial charge in [0.15, 0.2) is 0 Å². The van der Waals surface area contributed by atoms with Crippen molar-refractivity contribution in [3.8, 4) is 0 Å². The summed E-state index contributed by atoms with van der Waals surface area (Å²) in [5.74, 6) is 0.354. The maximum atomic E-state index is 12.9. The van der Waals surface area contributed by atoms with Crippen molar-refractivity contribution in [1.29, 1.82) is 0 Å². The van der Waals surface area contributed by atoms with Crippen LogP contribution in [0.25, 0.3) is 10.9 Å². The number of pyridine rings is 1. The van der Waals surface area contributed by atoms with Gasteiger partial charge in [0, 0.05) is 48.8 Å². The Bertz CT molecular complexity index is 1050. The smallest absolute Gasteiger partial charge is 0.270 e. The first-order valence-corrected chi connectivity index (χ1v) is 11.2. The van der Waals surface area contributed by atoms with Gasteiger partial charge in [0.1, 0.15) is 5.69 Å². The van der Waals surface area contributed by atoms with Gasteiger partial charge in [-0.05, 0) is 67.3 Å². The molecule has 0 radical (unpaired) electrons. The number of hydrogen-bond acceptors (Lipinski definition) is 3. The van der Waals surface area contributed by atoms with E-state index in [1.54, 1.807) is 12.4 Å². The van der Waals surface area contributed by atoms with Crippen LogP contribution in [-0.2, 0) is 11.2 Å². The summed E-state index contributed by atoms with van der Waals surface area (Å²) in [6.07, 6.45) is 8.26. The minimum atomic E-state index is 0.0591. The molecule has 6 nitrogen and oxygen atoms in total. The summed E-state index contributed by atoms with van der Waals surface area (Å²) in [5.41, 5.74) is 2.99. The molecule has 1 aromatic carbocycles. The summed E-state index contributed by atoms with van der Waals surface area (Å²) in [5, 5.41) is 4.18. The van der Waals surface area contributed by atoms with Crippen LogP contribution in [0.3, 0.4) is 0 Å². The second kappa shape index (κ2) is 8.17. The van der Waals surface area contributed by atoms with Crippen LogP contribution in [0.15, 0.2) is 54.9 Å². The Balaban J connectivity index is 1.09. The highest BCUT2D eigenvalue weighted by molar-refractivity contribution is 5.98. The zero-order chi connectivity index (χ0) is 21.3. The number of carbonyl (C=O) groups excluding carboxylic acids is 2. The molecule has 5 rings (SSSR count). The lowest BCUT2D eigenvalue weighted by molar-refractivity contribution is -0.123. The lowest BCUT2D eigenvalue weighted by Gasteiger charge is -2.32. The van der Waals surface area contributed by atoms with Crippen molar-refractivity contribution in [2.24, 2.45) is 11.3 Å². The van der Waals surface area contributed by atoms with Crippen LogP contribution in [-0.4, -0.2) is 46.3 Å². The van der Waals surface area contributed by atoms with E-state index < -0.39 is 0 Å². The Kier molecular flexibility index (Phi) is 5.22. The van der Waals surface area contributed by atoms with Gasteiger partial charge in [-0.2, -0.15) is 0 Å². The van der Waals surface area contributed by atoms with E-state index in [0.29, 0.717) is 12.2 Å². The molecule has 160 valence electrons. The van der Waals surface area contributed by atoms with E-state index in [4.69, 9.17) is 0 Å². The molecule has 1 saturated carbocycles. The van der Waals surface area contributed by atoms with E-state index >= 15 is 0 Å². The summed E-state index contributed by atoms with van der Waals surface area (Å²) in [6, 6.07) is 13.9. The topological polar surface area (TPSA) is 78.1 Å². The first-order valence-electron chi connectivity index (χ1n) is 11.2. The highest BCUT2D eigenvalue weighted by Gasteiger charge is 2.58. The van der Waals surface area contributed by atoms with Gasteiger partial charge in [0.2, 0.25) is 5.91 Å². The van der Waals surface area contributed by atoms with E-state index in [-0.39, 0.29) is 23.1 Å². The van der Waals surface area contributed by atoms with E-state index in [9.17, 15) is 9.59 Å².